The first-order chi connectivity index (χ1) is 20.8. The largest absolute Gasteiger partial charge is 0.390 e. The molecule has 44 heavy (non-hydrogen) atoms. The van der Waals surface area contributed by atoms with Crippen molar-refractivity contribution >= 4 is 0 Å². The number of rotatable bonds is 8. The maximum atomic E-state index is 12.2. The Kier molecular flexibility index (Phi) is 7.91. The van der Waals surface area contributed by atoms with E-state index in [-0.39, 0.29) is 48.4 Å². The molecule has 1 spiro atoms. The highest BCUT2D eigenvalue weighted by molar-refractivity contribution is 5.35. The molecule has 3 N–H and O–H groups in total. The quantitative estimate of drug-likeness (QED) is 0.271. The van der Waals surface area contributed by atoms with Crippen molar-refractivity contribution in [2.75, 3.05) is 34.0 Å². The summed E-state index contributed by atoms with van der Waals surface area (Å²) in [7, 11) is 3.22. The van der Waals surface area contributed by atoms with E-state index in [1.54, 1.807) is 14.2 Å². The number of fused-ring (bicyclic) bond motifs is 3. The minimum Gasteiger partial charge on any atom is -0.390 e. The summed E-state index contributed by atoms with van der Waals surface area (Å²) in [6.45, 7) is 11.5. The summed E-state index contributed by atoms with van der Waals surface area (Å²) < 4.78 is 49.1. The van der Waals surface area contributed by atoms with E-state index in [1.807, 2.05) is 6.92 Å². The molecule has 0 amide bonds. The fraction of sp³-hybridized carbons (Fsp3) is 0.939. The molecule has 4 saturated heterocycles. The maximum absolute atomic E-state index is 12.2. The molecule has 0 aromatic carbocycles. The van der Waals surface area contributed by atoms with E-state index in [9.17, 15) is 15.3 Å². The van der Waals surface area contributed by atoms with Crippen LogP contribution in [0.3, 0.4) is 0 Å². The number of methoxy groups -OCH3 is 2. The highest BCUT2D eigenvalue weighted by atomic mass is 16.9. The van der Waals surface area contributed by atoms with Gasteiger partial charge in [0.1, 0.15) is 36.1 Å². The Morgan fingerprint density at radius 2 is 1.80 bits per heavy atom. The van der Waals surface area contributed by atoms with Gasteiger partial charge in [0.2, 0.25) is 5.79 Å². The van der Waals surface area contributed by atoms with Crippen LogP contribution in [0.15, 0.2) is 11.1 Å². The smallest absolute Gasteiger partial charge is 0.230 e. The van der Waals surface area contributed by atoms with Crippen molar-refractivity contribution in [3.63, 3.8) is 0 Å². The van der Waals surface area contributed by atoms with Crippen molar-refractivity contribution in [2.24, 2.45) is 29.1 Å². The second-order valence-corrected chi connectivity index (χ2v) is 15.4. The molecule has 6 fully saturated rings. The Morgan fingerprint density at radius 1 is 1.05 bits per heavy atom. The standard InChI is InChI=1S/C33H52O11/c1-16(2)18-8-10-30(4)12-20-19(9-11-32(20,36)15-38-7)17(3)24(34)26(23(18)30)41-28-25(35)27-33(22(40-28)13-37-6)43-29(42-27)31(5,44-33)21-14-39-21/h16-17,19-22,24-29,34-36H,8-15H2,1-7H3/t17-,19+,20+,21+,22-,24-,25+,26-,27-,28-,29+,30-,31+,32+,33-/m1/s1. The van der Waals surface area contributed by atoms with Crippen LogP contribution >= 0.6 is 0 Å². The molecule has 3 aliphatic carbocycles. The molecule has 11 heteroatoms. The Labute approximate surface area is 260 Å². The first kappa shape index (κ1) is 31.9. The van der Waals surface area contributed by atoms with Gasteiger partial charge in [0.05, 0.1) is 31.5 Å². The van der Waals surface area contributed by atoms with Gasteiger partial charge in [0.15, 0.2) is 12.6 Å². The lowest BCUT2D eigenvalue weighted by Crippen LogP contribution is -2.70. The second-order valence-electron chi connectivity index (χ2n) is 15.4. The van der Waals surface area contributed by atoms with Crippen molar-refractivity contribution in [3.05, 3.63) is 11.1 Å². The summed E-state index contributed by atoms with van der Waals surface area (Å²) in [5, 5.41) is 35.8. The summed E-state index contributed by atoms with van der Waals surface area (Å²) in [6, 6.07) is 0. The number of epoxide rings is 1. The molecule has 250 valence electrons. The molecule has 7 aliphatic rings. The first-order valence-corrected chi connectivity index (χ1v) is 16.6. The Bertz CT molecular complexity index is 1140. The number of allylic oxidation sites excluding steroid dienone is 1. The van der Waals surface area contributed by atoms with Crippen LogP contribution in [0.1, 0.15) is 66.7 Å². The number of hydrogen-bond donors (Lipinski definition) is 3. The molecular weight excluding hydrogens is 572 g/mol. The van der Waals surface area contributed by atoms with Crippen LogP contribution in [0.5, 0.6) is 0 Å². The fourth-order valence-corrected chi connectivity index (χ4v) is 9.84. The fourth-order valence-electron chi connectivity index (χ4n) is 9.84. The van der Waals surface area contributed by atoms with Gasteiger partial charge in [-0.2, -0.15) is 0 Å². The van der Waals surface area contributed by atoms with Crippen LogP contribution in [0, 0.1) is 29.1 Å². The van der Waals surface area contributed by atoms with Gasteiger partial charge in [-0.25, -0.2) is 0 Å². The predicted octanol–water partition coefficient (Wildman–Crippen LogP) is 2.29. The highest BCUT2D eigenvalue weighted by Crippen LogP contribution is 2.61. The zero-order valence-electron chi connectivity index (χ0n) is 27.2. The normalized spacial score (nSPS) is 54.8. The predicted molar refractivity (Wildman–Crippen MR) is 155 cm³/mol. The molecule has 4 aliphatic heterocycles. The molecule has 2 bridgehead atoms. The van der Waals surface area contributed by atoms with Gasteiger partial charge in [0.25, 0.3) is 0 Å². The third-order valence-corrected chi connectivity index (χ3v) is 12.3. The zero-order valence-corrected chi connectivity index (χ0v) is 27.2. The third-order valence-electron chi connectivity index (χ3n) is 12.3. The van der Waals surface area contributed by atoms with E-state index in [0.29, 0.717) is 13.0 Å². The molecule has 15 atom stereocenters. The van der Waals surface area contributed by atoms with Crippen molar-refractivity contribution in [1.29, 1.82) is 0 Å². The van der Waals surface area contributed by atoms with Crippen molar-refractivity contribution in [1.82, 2.24) is 0 Å². The monoisotopic (exact) mass is 624 g/mol. The second kappa shape index (κ2) is 10.9. The molecule has 7 rings (SSSR count). The van der Waals surface area contributed by atoms with Gasteiger partial charge < -0.3 is 53.2 Å². The van der Waals surface area contributed by atoms with E-state index >= 15 is 0 Å². The lowest BCUT2D eigenvalue weighted by atomic mass is 9.62. The van der Waals surface area contributed by atoms with Crippen molar-refractivity contribution in [2.45, 2.75) is 133 Å². The van der Waals surface area contributed by atoms with E-state index in [2.05, 4.69) is 27.7 Å². The molecule has 0 radical (unpaired) electrons. The third kappa shape index (κ3) is 4.56. The molecule has 0 unspecified atom stereocenters. The van der Waals surface area contributed by atoms with Crippen LogP contribution in [0.4, 0.5) is 0 Å². The summed E-state index contributed by atoms with van der Waals surface area (Å²) >= 11 is 0. The average Bonchev–Trinajstić information content (AvgIpc) is 3.48. The van der Waals surface area contributed by atoms with Crippen LogP contribution in [-0.4, -0.2) is 116 Å². The van der Waals surface area contributed by atoms with Gasteiger partial charge in [-0.05, 0) is 73.7 Å². The average molecular weight is 625 g/mol. The SMILES string of the molecule is COC[C@H]1O[C@H](O[C@@H]2C3=C(C(C)C)CC[C@]3(C)C[C@H]3[C@@H](CC[C@]3(O)COC)[C@@H](C)[C@H]2O)[C@@H](O)[C@H]2O[C@H]3O[C@]21O[C@@]3(C)[C@@H]1CO1. The minimum atomic E-state index is -1.37. The summed E-state index contributed by atoms with van der Waals surface area (Å²) in [4.78, 5) is 0. The van der Waals surface area contributed by atoms with E-state index in [0.717, 1.165) is 31.3 Å². The molecule has 0 aromatic heterocycles. The van der Waals surface area contributed by atoms with Crippen LogP contribution in [-0.2, 0) is 37.9 Å². The number of hydrogen-bond acceptors (Lipinski definition) is 11. The van der Waals surface area contributed by atoms with Crippen molar-refractivity contribution in [3.8, 4) is 0 Å². The maximum Gasteiger partial charge on any atom is 0.230 e. The van der Waals surface area contributed by atoms with Crippen LogP contribution < -0.4 is 0 Å². The lowest BCUT2D eigenvalue weighted by molar-refractivity contribution is -0.385. The van der Waals surface area contributed by atoms with Gasteiger partial charge >= 0.3 is 0 Å². The van der Waals surface area contributed by atoms with Gasteiger partial charge in [-0.3, -0.25) is 0 Å². The van der Waals surface area contributed by atoms with Crippen molar-refractivity contribution < 1.29 is 53.2 Å². The minimum absolute atomic E-state index is 0.0106. The molecule has 4 heterocycles. The van der Waals surface area contributed by atoms with Crippen LogP contribution in [0.2, 0.25) is 0 Å². The summed E-state index contributed by atoms with van der Waals surface area (Å²) in [6.07, 6.45) is -2.46. The summed E-state index contributed by atoms with van der Waals surface area (Å²) in [5.41, 5.74) is 0.286. The van der Waals surface area contributed by atoms with Gasteiger partial charge in [-0.15, -0.1) is 0 Å². The molecule has 11 nitrogen and oxygen atoms in total. The Morgan fingerprint density at radius 3 is 2.45 bits per heavy atom. The zero-order chi connectivity index (χ0) is 31.4. The first-order valence-electron chi connectivity index (χ1n) is 16.6. The molecule has 0 aromatic rings. The highest BCUT2D eigenvalue weighted by Gasteiger charge is 2.77. The Hall–Kier alpha value is -0.700. The van der Waals surface area contributed by atoms with E-state index in [4.69, 9.17) is 37.9 Å². The Balaban J connectivity index is 1.22. The molecule has 2 saturated carbocycles. The number of aliphatic hydroxyl groups is 3. The molecular formula is C33H52O11. The summed E-state index contributed by atoms with van der Waals surface area (Å²) in [5.74, 6) is -1.22. The number of ether oxygens (including phenoxy) is 8. The van der Waals surface area contributed by atoms with E-state index in [1.165, 1.54) is 5.57 Å². The van der Waals surface area contributed by atoms with E-state index < -0.39 is 60.1 Å². The van der Waals surface area contributed by atoms with Gasteiger partial charge in [-0.1, -0.05) is 33.3 Å². The lowest BCUT2D eigenvalue weighted by Gasteiger charge is -2.51. The van der Waals surface area contributed by atoms with Gasteiger partial charge in [0, 0.05) is 14.2 Å². The van der Waals surface area contributed by atoms with Crippen LogP contribution in [0.25, 0.3) is 0 Å². The topological polar surface area (TPSA) is 138 Å². The number of aliphatic hydroxyl groups excluding tert-OH is 2.